The number of ether oxygens (including phenoxy) is 1. The number of hydrogen-bond acceptors (Lipinski definition) is 6. The van der Waals surface area contributed by atoms with Crippen LogP contribution in [-0.2, 0) is 4.74 Å². The number of aromatic nitrogens is 2. The Bertz CT molecular complexity index is 465. The lowest BCUT2D eigenvalue weighted by atomic mass is 10.2. The van der Waals surface area contributed by atoms with Crippen molar-refractivity contribution in [2.24, 2.45) is 0 Å². The van der Waals surface area contributed by atoms with Gasteiger partial charge in [0.1, 0.15) is 5.82 Å². The van der Waals surface area contributed by atoms with Gasteiger partial charge in [-0.1, -0.05) is 13.8 Å². The minimum Gasteiger partial charge on any atom is -0.396 e. The molecule has 0 atom stereocenters. The molecular weight excluding hydrogens is 270 g/mol. The van der Waals surface area contributed by atoms with Gasteiger partial charge in [0.25, 0.3) is 5.91 Å². The van der Waals surface area contributed by atoms with Crippen LogP contribution in [0.1, 0.15) is 36.1 Å². The minimum atomic E-state index is -0.267. The second-order valence-corrected chi connectivity index (χ2v) is 5.24. The molecule has 0 aliphatic heterocycles. The number of anilines is 1. The van der Waals surface area contributed by atoms with Crippen molar-refractivity contribution >= 4 is 11.6 Å². The van der Waals surface area contributed by atoms with Crippen molar-refractivity contribution in [2.75, 3.05) is 46.1 Å². The molecule has 118 valence electrons. The largest absolute Gasteiger partial charge is 0.396 e. The maximum Gasteiger partial charge on any atom is 0.272 e. The van der Waals surface area contributed by atoms with Crippen LogP contribution in [0.4, 0.5) is 5.69 Å². The summed E-state index contributed by atoms with van der Waals surface area (Å²) in [6.45, 7) is 6.69. The van der Waals surface area contributed by atoms with Crippen molar-refractivity contribution in [1.82, 2.24) is 20.2 Å². The van der Waals surface area contributed by atoms with E-state index >= 15 is 0 Å². The van der Waals surface area contributed by atoms with Crippen LogP contribution in [0.3, 0.4) is 0 Å². The molecule has 1 amide bonds. The molecule has 7 heteroatoms. The molecule has 0 spiro atoms. The fourth-order valence-electron chi connectivity index (χ4n) is 1.67. The number of nitrogen functional groups attached to an aromatic ring is 1. The Kier molecular flexibility index (Phi) is 7.04. The number of carbonyl (C=O) groups excluding carboxylic acids is 1. The first kappa shape index (κ1) is 17.3. The molecule has 0 fully saturated rings. The molecule has 0 aliphatic carbocycles. The highest BCUT2D eigenvalue weighted by atomic mass is 16.5. The van der Waals surface area contributed by atoms with Gasteiger partial charge >= 0.3 is 0 Å². The van der Waals surface area contributed by atoms with Crippen molar-refractivity contribution in [1.29, 1.82) is 0 Å². The number of carbonyl (C=O) groups is 1. The van der Waals surface area contributed by atoms with Crippen molar-refractivity contribution < 1.29 is 9.53 Å². The molecule has 0 radical (unpaired) electrons. The van der Waals surface area contributed by atoms with E-state index in [1.54, 1.807) is 7.11 Å². The van der Waals surface area contributed by atoms with E-state index in [0.717, 1.165) is 13.1 Å². The van der Waals surface area contributed by atoms with Gasteiger partial charge in [0.15, 0.2) is 5.69 Å². The molecule has 1 rings (SSSR count). The van der Waals surface area contributed by atoms with Gasteiger partial charge in [-0.25, -0.2) is 9.97 Å². The summed E-state index contributed by atoms with van der Waals surface area (Å²) >= 11 is 0. The summed E-state index contributed by atoms with van der Waals surface area (Å²) in [5.41, 5.74) is 6.31. The Hall–Kier alpha value is -1.73. The first-order valence-electron chi connectivity index (χ1n) is 7.03. The molecule has 3 N–H and O–H groups in total. The third-order valence-electron chi connectivity index (χ3n) is 3.02. The first-order chi connectivity index (χ1) is 9.95. The Morgan fingerprint density at radius 1 is 1.48 bits per heavy atom. The van der Waals surface area contributed by atoms with Crippen LogP contribution in [0.2, 0.25) is 0 Å². The van der Waals surface area contributed by atoms with E-state index in [1.165, 1.54) is 6.20 Å². The van der Waals surface area contributed by atoms with E-state index in [9.17, 15) is 4.79 Å². The first-order valence-corrected chi connectivity index (χ1v) is 7.03. The molecule has 1 heterocycles. The second-order valence-electron chi connectivity index (χ2n) is 5.24. The van der Waals surface area contributed by atoms with E-state index in [0.29, 0.717) is 24.7 Å². The monoisotopic (exact) mass is 295 g/mol. The maximum absolute atomic E-state index is 12.1. The lowest BCUT2D eigenvalue weighted by Crippen LogP contribution is -2.35. The van der Waals surface area contributed by atoms with Gasteiger partial charge in [-0.2, -0.15) is 0 Å². The van der Waals surface area contributed by atoms with Crippen molar-refractivity contribution in [3.05, 3.63) is 17.7 Å². The van der Waals surface area contributed by atoms with Gasteiger partial charge in [-0.15, -0.1) is 0 Å². The molecule has 1 aromatic heterocycles. The zero-order valence-electron chi connectivity index (χ0n) is 13.2. The van der Waals surface area contributed by atoms with E-state index < -0.39 is 0 Å². The topological polar surface area (TPSA) is 93.4 Å². The summed E-state index contributed by atoms with van der Waals surface area (Å²) in [5.74, 6) is 0.501. The molecule has 0 aliphatic rings. The predicted molar refractivity (Wildman–Crippen MR) is 82.2 cm³/mol. The zero-order valence-corrected chi connectivity index (χ0v) is 13.2. The summed E-state index contributed by atoms with van der Waals surface area (Å²) in [6, 6.07) is 0. The predicted octanol–water partition coefficient (Wildman–Crippen LogP) is 0.490. The van der Waals surface area contributed by atoms with Crippen molar-refractivity contribution in [3.63, 3.8) is 0 Å². The van der Waals surface area contributed by atoms with Crippen LogP contribution >= 0.6 is 0 Å². The summed E-state index contributed by atoms with van der Waals surface area (Å²) in [4.78, 5) is 22.5. The molecular formula is C14H25N5O2. The molecule has 21 heavy (non-hydrogen) atoms. The van der Waals surface area contributed by atoms with Gasteiger partial charge in [0.2, 0.25) is 0 Å². The van der Waals surface area contributed by atoms with E-state index in [2.05, 4.69) is 20.2 Å². The van der Waals surface area contributed by atoms with Gasteiger partial charge < -0.3 is 20.7 Å². The number of rotatable bonds is 8. The van der Waals surface area contributed by atoms with Crippen LogP contribution in [0.5, 0.6) is 0 Å². The fourth-order valence-corrected chi connectivity index (χ4v) is 1.67. The molecule has 7 nitrogen and oxygen atoms in total. The van der Waals surface area contributed by atoms with Crippen molar-refractivity contribution in [3.8, 4) is 0 Å². The Morgan fingerprint density at radius 2 is 2.19 bits per heavy atom. The average Bonchev–Trinajstić information content (AvgIpc) is 2.45. The number of nitrogens with zero attached hydrogens (tertiary/aromatic N) is 3. The normalized spacial score (nSPS) is 11.1. The number of nitrogens with one attached hydrogen (secondary N) is 1. The second kappa shape index (κ2) is 8.53. The molecule has 0 bridgehead atoms. The van der Waals surface area contributed by atoms with Gasteiger partial charge in [-0.3, -0.25) is 4.79 Å². The van der Waals surface area contributed by atoms with Gasteiger partial charge in [0, 0.05) is 32.7 Å². The minimum absolute atomic E-state index is 0.150. The average molecular weight is 295 g/mol. The van der Waals surface area contributed by atoms with Crippen molar-refractivity contribution in [2.45, 2.75) is 19.8 Å². The lowest BCUT2D eigenvalue weighted by Gasteiger charge is -2.16. The van der Waals surface area contributed by atoms with Crippen LogP contribution in [0.25, 0.3) is 0 Å². The zero-order chi connectivity index (χ0) is 15.8. The standard InChI is InChI=1S/C14H25N5O2/c1-10(2)13-17-9-11(15)12(18-13)14(20)16-5-6-19(3)7-8-21-4/h9-10H,5-8,15H2,1-4H3,(H,16,20). The maximum atomic E-state index is 12.1. The summed E-state index contributed by atoms with van der Waals surface area (Å²) in [5, 5.41) is 2.82. The smallest absolute Gasteiger partial charge is 0.272 e. The van der Waals surface area contributed by atoms with E-state index in [1.807, 2.05) is 20.9 Å². The highest BCUT2D eigenvalue weighted by molar-refractivity contribution is 5.96. The van der Waals surface area contributed by atoms with Crippen LogP contribution in [-0.4, -0.2) is 61.2 Å². The molecule has 1 aromatic rings. The third-order valence-corrected chi connectivity index (χ3v) is 3.02. The summed E-state index contributed by atoms with van der Waals surface area (Å²) in [7, 11) is 3.64. The van der Waals surface area contributed by atoms with Crippen LogP contribution in [0.15, 0.2) is 6.20 Å². The molecule has 0 aromatic carbocycles. The molecule has 0 saturated carbocycles. The van der Waals surface area contributed by atoms with Crippen LogP contribution in [0, 0.1) is 0 Å². The lowest BCUT2D eigenvalue weighted by molar-refractivity contribution is 0.0943. The number of nitrogens with two attached hydrogens (primary N) is 1. The number of likely N-dealkylation sites (N-methyl/N-ethyl adjacent to an activating group) is 1. The highest BCUT2D eigenvalue weighted by Crippen LogP contribution is 2.13. The summed E-state index contributed by atoms with van der Waals surface area (Å²) in [6.07, 6.45) is 1.49. The van der Waals surface area contributed by atoms with Gasteiger partial charge in [0.05, 0.1) is 18.5 Å². The number of amides is 1. The third kappa shape index (κ3) is 5.65. The molecule has 0 saturated heterocycles. The van der Waals surface area contributed by atoms with E-state index in [4.69, 9.17) is 10.5 Å². The highest BCUT2D eigenvalue weighted by Gasteiger charge is 2.14. The van der Waals surface area contributed by atoms with E-state index in [-0.39, 0.29) is 17.5 Å². The fraction of sp³-hybridized carbons (Fsp3) is 0.643. The Morgan fingerprint density at radius 3 is 2.81 bits per heavy atom. The Balaban J connectivity index is 2.54. The Labute approximate surface area is 125 Å². The SMILES string of the molecule is COCCN(C)CCNC(=O)c1nc(C(C)C)ncc1N. The van der Waals surface area contributed by atoms with Crippen LogP contribution < -0.4 is 11.1 Å². The van der Waals surface area contributed by atoms with Gasteiger partial charge in [-0.05, 0) is 7.05 Å². The number of hydrogen-bond donors (Lipinski definition) is 2. The molecule has 0 unspecified atom stereocenters. The number of methoxy groups -OCH3 is 1. The quantitative estimate of drug-likeness (QED) is 0.725. The summed E-state index contributed by atoms with van der Waals surface area (Å²) < 4.78 is 5.00.